The fourth-order valence-corrected chi connectivity index (χ4v) is 3.67. The topological polar surface area (TPSA) is 39.3 Å². The number of hydrogen-bond donors (Lipinski definition) is 1. The van der Waals surface area contributed by atoms with E-state index in [1.54, 1.807) is 6.07 Å². The monoisotopic (exact) mass is 351 g/mol. The molecule has 1 aliphatic rings. The van der Waals surface area contributed by atoms with E-state index in [1.807, 2.05) is 11.8 Å². The Morgan fingerprint density at radius 2 is 1.81 bits per heavy atom. The van der Waals surface area contributed by atoms with Crippen molar-refractivity contribution in [3.05, 3.63) is 65.1 Å². The molecule has 0 spiro atoms. The van der Waals surface area contributed by atoms with Gasteiger partial charge in [-0.15, -0.1) is 0 Å². The summed E-state index contributed by atoms with van der Waals surface area (Å²) >= 11 is 0. The van der Waals surface area contributed by atoms with Crippen LogP contribution in [0.1, 0.15) is 21.6 Å². The third kappa shape index (κ3) is 2.94. The number of H-pyrrole nitrogens is 1. The van der Waals surface area contributed by atoms with E-state index < -0.39 is 0 Å². The molecule has 1 saturated heterocycles. The minimum atomic E-state index is -0.301. The van der Waals surface area contributed by atoms with Crippen LogP contribution in [-0.2, 0) is 0 Å². The second-order valence-electron chi connectivity index (χ2n) is 6.93. The predicted molar refractivity (Wildman–Crippen MR) is 102 cm³/mol. The van der Waals surface area contributed by atoms with E-state index in [0.717, 1.165) is 24.0 Å². The van der Waals surface area contributed by atoms with Crippen molar-refractivity contribution in [2.45, 2.75) is 13.8 Å². The minimum absolute atomic E-state index is 0.0111. The molecule has 1 amide bonds. The molecule has 2 aromatic carbocycles. The Kier molecular flexibility index (Phi) is 4.15. The van der Waals surface area contributed by atoms with Crippen molar-refractivity contribution in [3.8, 4) is 0 Å². The number of aryl methyl sites for hydroxylation is 2. The van der Waals surface area contributed by atoms with E-state index in [9.17, 15) is 9.18 Å². The first-order valence-corrected chi connectivity index (χ1v) is 8.91. The average Bonchev–Trinajstić information content (AvgIpc) is 2.97. The number of piperazine rings is 1. The minimum Gasteiger partial charge on any atom is -0.368 e. The van der Waals surface area contributed by atoms with E-state index in [1.165, 1.54) is 23.4 Å². The summed E-state index contributed by atoms with van der Waals surface area (Å²) in [4.78, 5) is 20.2. The molecule has 0 radical (unpaired) electrons. The molecule has 2 heterocycles. The van der Waals surface area contributed by atoms with Gasteiger partial charge in [0.05, 0.1) is 0 Å². The molecule has 0 bridgehead atoms. The highest BCUT2D eigenvalue weighted by atomic mass is 19.1. The lowest BCUT2D eigenvalue weighted by molar-refractivity contribution is 0.0741. The molecule has 5 heteroatoms. The van der Waals surface area contributed by atoms with Crippen molar-refractivity contribution >= 4 is 22.5 Å². The van der Waals surface area contributed by atoms with Gasteiger partial charge in [0.2, 0.25) is 0 Å². The smallest absolute Gasteiger partial charge is 0.270 e. The molecule has 134 valence electrons. The van der Waals surface area contributed by atoms with Crippen molar-refractivity contribution in [1.29, 1.82) is 0 Å². The summed E-state index contributed by atoms with van der Waals surface area (Å²) < 4.78 is 13.4. The van der Waals surface area contributed by atoms with E-state index in [0.29, 0.717) is 24.3 Å². The van der Waals surface area contributed by atoms with Crippen molar-refractivity contribution < 1.29 is 9.18 Å². The van der Waals surface area contributed by atoms with Gasteiger partial charge in [-0.25, -0.2) is 4.39 Å². The molecule has 0 saturated carbocycles. The molecule has 1 fully saturated rings. The van der Waals surface area contributed by atoms with Gasteiger partial charge < -0.3 is 14.8 Å². The Morgan fingerprint density at radius 3 is 2.54 bits per heavy atom. The summed E-state index contributed by atoms with van der Waals surface area (Å²) in [5.41, 5.74) is 4.56. The van der Waals surface area contributed by atoms with Crippen molar-refractivity contribution in [2.24, 2.45) is 0 Å². The van der Waals surface area contributed by atoms with Crippen molar-refractivity contribution in [2.75, 3.05) is 31.1 Å². The number of aromatic nitrogens is 1. The van der Waals surface area contributed by atoms with Crippen LogP contribution in [0.5, 0.6) is 0 Å². The Labute approximate surface area is 152 Å². The molecule has 0 aliphatic carbocycles. The normalized spacial score (nSPS) is 14.9. The highest BCUT2D eigenvalue weighted by Gasteiger charge is 2.25. The molecule has 0 atom stereocenters. The molecule has 26 heavy (non-hydrogen) atoms. The number of nitrogens with one attached hydrogen (secondary N) is 1. The number of carbonyl (C=O) groups excluding carboxylic acids is 1. The number of hydrogen-bond acceptors (Lipinski definition) is 2. The van der Waals surface area contributed by atoms with Crippen LogP contribution in [0.4, 0.5) is 10.1 Å². The summed E-state index contributed by atoms with van der Waals surface area (Å²) in [6.45, 7) is 6.97. The summed E-state index contributed by atoms with van der Waals surface area (Å²) in [5, 5.41) is 0.896. The zero-order valence-electron chi connectivity index (χ0n) is 15.1. The van der Waals surface area contributed by atoms with Crippen LogP contribution in [-0.4, -0.2) is 42.0 Å². The number of rotatable bonds is 2. The van der Waals surface area contributed by atoms with Gasteiger partial charge in [-0.3, -0.25) is 4.79 Å². The SMILES string of the molecule is Cc1cccc(N2CCN(C(=O)c3[nH]c4cc(F)ccc4c3C)CC2)c1. The fourth-order valence-electron chi connectivity index (χ4n) is 3.67. The van der Waals surface area contributed by atoms with Crippen LogP contribution in [0.3, 0.4) is 0 Å². The van der Waals surface area contributed by atoms with Gasteiger partial charge >= 0.3 is 0 Å². The number of anilines is 1. The van der Waals surface area contributed by atoms with Crippen molar-refractivity contribution in [1.82, 2.24) is 9.88 Å². The first-order chi connectivity index (χ1) is 12.5. The zero-order chi connectivity index (χ0) is 18.3. The predicted octanol–water partition coefficient (Wildman–Crippen LogP) is 3.89. The number of amides is 1. The first-order valence-electron chi connectivity index (χ1n) is 8.91. The largest absolute Gasteiger partial charge is 0.368 e. The highest BCUT2D eigenvalue weighted by molar-refractivity contribution is 6.01. The van der Waals surface area contributed by atoms with Gasteiger partial charge in [0.15, 0.2) is 0 Å². The molecule has 3 aromatic rings. The Hall–Kier alpha value is -2.82. The summed E-state index contributed by atoms with van der Waals surface area (Å²) in [6.07, 6.45) is 0. The van der Waals surface area contributed by atoms with Crippen LogP contribution >= 0.6 is 0 Å². The molecule has 4 rings (SSSR count). The lowest BCUT2D eigenvalue weighted by Crippen LogP contribution is -2.49. The highest BCUT2D eigenvalue weighted by Crippen LogP contribution is 2.24. The number of carbonyl (C=O) groups is 1. The number of nitrogens with zero attached hydrogens (tertiary/aromatic N) is 2. The third-order valence-electron chi connectivity index (χ3n) is 5.17. The lowest BCUT2D eigenvalue weighted by atomic mass is 10.1. The fraction of sp³-hybridized carbons (Fsp3) is 0.286. The molecular formula is C21H22FN3O. The zero-order valence-corrected chi connectivity index (χ0v) is 15.1. The van der Waals surface area contributed by atoms with Gasteiger partial charge in [-0.1, -0.05) is 12.1 Å². The van der Waals surface area contributed by atoms with E-state index in [2.05, 4.69) is 41.1 Å². The van der Waals surface area contributed by atoms with E-state index >= 15 is 0 Å². The van der Waals surface area contributed by atoms with Gasteiger partial charge in [0.25, 0.3) is 5.91 Å². The molecule has 0 unspecified atom stereocenters. The first kappa shape index (κ1) is 16.6. The Bertz CT molecular complexity index is 971. The summed E-state index contributed by atoms with van der Waals surface area (Å²) in [7, 11) is 0. The average molecular weight is 351 g/mol. The molecular weight excluding hydrogens is 329 g/mol. The van der Waals surface area contributed by atoms with E-state index in [-0.39, 0.29) is 11.7 Å². The van der Waals surface area contributed by atoms with Crippen LogP contribution in [0.25, 0.3) is 10.9 Å². The van der Waals surface area contributed by atoms with Crippen LogP contribution in [0.15, 0.2) is 42.5 Å². The maximum Gasteiger partial charge on any atom is 0.270 e. The van der Waals surface area contributed by atoms with Crippen molar-refractivity contribution in [3.63, 3.8) is 0 Å². The molecule has 1 aromatic heterocycles. The quantitative estimate of drug-likeness (QED) is 0.761. The Morgan fingerprint density at radius 1 is 1.04 bits per heavy atom. The Balaban J connectivity index is 1.51. The number of aromatic amines is 1. The van der Waals surface area contributed by atoms with Crippen LogP contribution in [0, 0.1) is 19.7 Å². The number of fused-ring (bicyclic) bond motifs is 1. The molecule has 1 N–H and O–H groups in total. The lowest BCUT2D eigenvalue weighted by Gasteiger charge is -2.36. The van der Waals surface area contributed by atoms with Crippen LogP contribution < -0.4 is 4.90 Å². The number of benzene rings is 2. The summed E-state index contributed by atoms with van der Waals surface area (Å²) in [6, 6.07) is 13.0. The second kappa shape index (κ2) is 6.48. The van der Waals surface area contributed by atoms with Gasteiger partial charge in [-0.05, 0) is 55.3 Å². The maximum atomic E-state index is 13.4. The second-order valence-corrected chi connectivity index (χ2v) is 6.93. The standard InChI is InChI=1S/C21H22FN3O/c1-14-4-3-5-17(12-14)24-8-10-25(11-9-24)21(26)20-15(2)18-7-6-16(22)13-19(18)23-20/h3-7,12-13,23H,8-11H2,1-2H3. The van der Waals surface area contributed by atoms with Gasteiger partial charge in [0.1, 0.15) is 11.5 Å². The van der Waals surface area contributed by atoms with Crippen LogP contribution in [0.2, 0.25) is 0 Å². The maximum absolute atomic E-state index is 13.4. The molecule has 4 nitrogen and oxygen atoms in total. The third-order valence-corrected chi connectivity index (χ3v) is 5.17. The van der Waals surface area contributed by atoms with Gasteiger partial charge in [-0.2, -0.15) is 0 Å². The number of halogens is 1. The summed E-state index contributed by atoms with van der Waals surface area (Å²) in [5.74, 6) is -0.312. The molecule has 1 aliphatic heterocycles. The van der Waals surface area contributed by atoms with E-state index in [4.69, 9.17) is 0 Å². The van der Waals surface area contributed by atoms with Gasteiger partial charge in [0, 0.05) is 42.8 Å².